The van der Waals surface area contributed by atoms with Gasteiger partial charge in [-0.05, 0) is 42.8 Å². The van der Waals surface area contributed by atoms with Crippen molar-refractivity contribution in [1.29, 1.82) is 0 Å². The summed E-state index contributed by atoms with van der Waals surface area (Å²) in [5, 5.41) is 11.2. The SMILES string of the molecule is CCOC(=O)C1=C(O)/C(=C/c2ccc(OCC(=O)OC)c(OC)c2)SC1=Nc1ccccc1. The van der Waals surface area contributed by atoms with Crippen LogP contribution in [0.1, 0.15) is 12.5 Å². The predicted octanol–water partition coefficient (Wildman–Crippen LogP) is 4.44. The lowest BCUT2D eigenvalue weighted by Gasteiger charge is -2.10. The van der Waals surface area contributed by atoms with Crippen LogP contribution in [0.2, 0.25) is 0 Å². The van der Waals surface area contributed by atoms with Crippen molar-refractivity contribution in [1.82, 2.24) is 0 Å². The largest absolute Gasteiger partial charge is 0.506 e. The van der Waals surface area contributed by atoms with Crippen LogP contribution in [0.5, 0.6) is 11.5 Å². The van der Waals surface area contributed by atoms with Gasteiger partial charge in [0.2, 0.25) is 0 Å². The second-order valence-corrected chi connectivity index (χ2v) is 7.61. The molecule has 0 atom stereocenters. The molecule has 0 unspecified atom stereocenters. The molecular weight excluding hydrogens is 446 g/mol. The fourth-order valence-corrected chi connectivity index (χ4v) is 3.89. The van der Waals surface area contributed by atoms with Crippen molar-refractivity contribution in [2.24, 2.45) is 4.99 Å². The Morgan fingerprint density at radius 1 is 1.09 bits per heavy atom. The summed E-state index contributed by atoms with van der Waals surface area (Å²) in [6, 6.07) is 14.2. The Morgan fingerprint density at radius 3 is 2.52 bits per heavy atom. The number of esters is 2. The summed E-state index contributed by atoms with van der Waals surface area (Å²) < 4.78 is 20.5. The molecule has 3 rings (SSSR count). The first-order valence-electron chi connectivity index (χ1n) is 9.98. The second kappa shape index (κ2) is 11.2. The molecule has 0 aliphatic carbocycles. The minimum Gasteiger partial charge on any atom is -0.506 e. The Hall–Kier alpha value is -3.72. The number of aliphatic hydroxyl groups excluding tert-OH is 1. The first-order valence-corrected chi connectivity index (χ1v) is 10.8. The molecule has 1 aliphatic heterocycles. The molecule has 0 fully saturated rings. The van der Waals surface area contributed by atoms with Crippen LogP contribution in [0, 0.1) is 0 Å². The van der Waals surface area contributed by atoms with Crippen molar-refractivity contribution in [3.8, 4) is 11.5 Å². The Labute approximate surface area is 195 Å². The first-order chi connectivity index (χ1) is 16.0. The first kappa shape index (κ1) is 23.9. The van der Waals surface area contributed by atoms with E-state index in [0.29, 0.717) is 32.7 Å². The number of benzene rings is 2. The van der Waals surface area contributed by atoms with Crippen LogP contribution in [0.25, 0.3) is 6.08 Å². The van der Waals surface area contributed by atoms with Crippen molar-refractivity contribution >= 4 is 40.5 Å². The van der Waals surface area contributed by atoms with Gasteiger partial charge in [0.25, 0.3) is 0 Å². The molecule has 2 aromatic carbocycles. The number of hydrogen-bond acceptors (Lipinski definition) is 9. The lowest BCUT2D eigenvalue weighted by Crippen LogP contribution is -2.13. The monoisotopic (exact) mass is 469 g/mol. The van der Waals surface area contributed by atoms with Crippen LogP contribution in [-0.4, -0.2) is 49.5 Å². The number of thioether (sulfide) groups is 1. The number of methoxy groups -OCH3 is 2. The zero-order chi connectivity index (χ0) is 23.8. The number of rotatable bonds is 8. The van der Waals surface area contributed by atoms with Crippen molar-refractivity contribution in [2.45, 2.75) is 6.92 Å². The Kier molecular flexibility index (Phi) is 8.15. The second-order valence-electron chi connectivity index (χ2n) is 6.58. The Morgan fingerprint density at radius 2 is 1.85 bits per heavy atom. The number of hydrogen-bond donors (Lipinski definition) is 1. The third-order valence-corrected chi connectivity index (χ3v) is 5.44. The number of nitrogens with zero attached hydrogens (tertiary/aromatic N) is 1. The predicted molar refractivity (Wildman–Crippen MR) is 126 cm³/mol. The van der Waals surface area contributed by atoms with E-state index in [9.17, 15) is 14.7 Å². The van der Waals surface area contributed by atoms with Crippen molar-refractivity contribution in [3.63, 3.8) is 0 Å². The van der Waals surface area contributed by atoms with Crippen LogP contribution in [0.4, 0.5) is 5.69 Å². The summed E-state index contributed by atoms with van der Waals surface area (Å²) >= 11 is 1.16. The molecule has 0 amide bonds. The summed E-state index contributed by atoms with van der Waals surface area (Å²) in [7, 11) is 2.75. The molecule has 0 spiro atoms. The summed E-state index contributed by atoms with van der Waals surface area (Å²) in [5.74, 6) is -0.619. The number of carbonyl (C=O) groups excluding carboxylic acids is 2. The molecule has 0 saturated carbocycles. The molecule has 9 heteroatoms. The summed E-state index contributed by atoms with van der Waals surface area (Å²) in [4.78, 5) is 28.8. The molecule has 8 nitrogen and oxygen atoms in total. The quantitative estimate of drug-likeness (QED) is 0.566. The number of ether oxygens (including phenoxy) is 4. The highest BCUT2D eigenvalue weighted by atomic mass is 32.2. The Bertz CT molecular complexity index is 1120. The van der Waals surface area contributed by atoms with Crippen molar-refractivity contribution < 1.29 is 33.6 Å². The van der Waals surface area contributed by atoms with Gasteiger partial charge < -0.3 is 24.1 Å². The maximum Gasteiger partial charge on any atom is 0.344 e. The number of aliphatic hydroxyl groups is 1. The van der Waals surface area contributed by atoms with E-state index in [0.717, 1.165) is 11.8 Å². The molecule has 0 saturated heterocycles. The lowest BCUT2D eigenvalue weighted by molar-refractivity contribution is -0.143. The van der Waals surface area contributed by atoms with E-state index in [1.165, 1.54) is 14.2 Å². The summed E-state index contributed by atoms with van der Waals surface area (Å²) in [6.07, 6.45) is 1.69. The average molecular weight is 470 g/mol. The zero-order valence-corrected chi connectivity index (χ0v) is 19.2. The van der Waals surface area contributed by atoms with Gasteiger partial charge in [-0.25, -0.2) is 14.6 Å². The van der Waals surface area contributed by atoms with Crippen LogP contribution in [0.3, 0.4) is 0 Å². The van der Waals surface area contributed by atoms with E-state index in [1.807, 2.05) is 18.2 Å². The highest BCUT2D eigenvalue weighted by Crippen LogP contribution is 2.41. The lowest BCUT2D eigenvalue weighted by atomic mass is 10.1. The average Bonchev–Trinajstić information content (AvgIpc) is 3.12. The van der Waals surface area contributed by atoms with E-state index in [2.05, 4.69) is 9.73 Å². The van der Waals surface area contributed by atoms with Gasteiger partial charge in [-0.2, -0.15) is 0 Å². The van der Waals surface area contributed by atoms with Gasteiger partial charge in [-0.3, -0.25) is 0 Å². The van der Waals surface area contributed by atoms with Crippen LogP contribution >= 0.6 is 11.8 Å². The topological polar surface area (TPSA) is 104 Å². The van der Waals surface area contributed by atoms with E-state index in [-0.39, 0.29) is 24.5 Å². The van der Waals surface area contributed by atoms with E-state index < -0.39 is 11.9 Å². The molecule has 1 aliphatic rings. The molecule has 0 radical (unpaired) electrons. The highest BCUT2D eigenvalue weighted by molar-refractivity contribution is 8.18. The zero-order valence-electron chi connectivity index (χ0n) is 18.4. The smallest absolute Gasteiger partial charge is 0.344 e. The van der Waals surface area contributed by atoms with E-state index >= 15 is 0 Å². The fourth-order valence-electron chi connectivity index (χ4n) is 2.85. The molecule has 172 valence electrons. The van der Waals surface area contributed by atoms with E-state index in [4.69, 9.17) is 14.2 Å². The van der Waals surface area contributed by atoms with E-state index in [1.54, 1.807) is 43.3 Å². The normalized spacial score (nSPS) is 15.6. The van der Waals surface area contributed by atoms with Gasteiger partial charge >= 0.3 is 11.9 Å². The van der Waals surface area contributed by atoms with Crippen molar-refractivity contribution in [2.75, 3.05) is 27.4 Å². The third kappa shape index (κ3) is 5.95. The number of aliphatic imine (C=N–C) groups is 1. The molecule has 2 aromatic rings. The van der Waals surface area contributed by atoms with Gasteiger partial charge in [0.15, 0.2) is 18.1 Å². The maximum atomic E-state index is 12.5. The molecule has 0 aromatic heterocycles. The van der Waals surface area contributed by atoms with Crippen LogP contribution < -0.4 is 9.47 Å². The summed E-state index contributed by atoms with van der Waals surface area (Å²) in [6.45, 7) is 1.61. The van der Waals surface area contributed by atoms with Crippen molar-refractivity contribution in [3.05, 3.63) is 70.3 Å². The van der Waals surface area contributed by atoms with Gasteiger partial charge in [0.1, 0.15) is 16.4 Å². The van der Waals surface area contributed by atoms with Crippen LogP contribution in [-0.2, 0) is 19.1 Å². The minimum atomic E-state index is -0.648. The standard InChI is InChI=1S/C24H23NO7S/c1-4-31-24(28)21-22(27)19(33-23(21)25-16-8-6-5-7-9-16)13-15-10-11-17(18(12-15)29-2)32-14-20(26)30-3/h5-13,27H,4,14H2,1-3H3/b19-13-,25-23?. The molecule has 0 bridgehead atoms. The molecule has 33 heavy (non-hydrogen) atoms. The fraction of sp³-hybridized carbons (Fsp3) is 0.208. The number of para-hydroxylation sites is 1. The summed E-state index contributed by atoms with van der Waals surface area (Å²) in [5.41, 5.74) is 1.34. The molecule has 1 heterocycles. The number of carbonyl (C=O) groups is 2. The Balaban J connectivity index is 1.94. The van der Waals surface area contributed by atoms with Crippen LogP contribution in [0.15, 0.2) is 69.8 Å². The van der Waals surface area contributed by atoms with Gasteiger partial charge in [0.05, 0.1) is 31.4 Å². The van der Waals surface area contributed by atoms with Gasteiger partial charge in [0, 0.05) is 0 Å². The third-order valence-electron chi connectivity index (χ3n) is 4.42. The molecule has 1 N–H and O–H groups in total. The van der Waals surface area contributed by atoms with Gasteiger partial charge in [-0.15, -0.1) is 0 Å². The highest BCUT2D eigenvalue weighted by Gasteiger charge is 2.33. The maximum absolute atomic E-state index is 12.5. The minimum absolute atomic E-state index is 0.0157. The van der Waals surface area contributed by atoms with Gasteiger partial charge in [-0.1, -0.05) is 36.0 Å². The molecular formula is C24H23NO7S.